The SMILES string of the molecule is CN(CC(=O)N(CCN)CCc1ccccc1)S(=O)(=O)c1cccnc1.Cl.Cl. The Hall–Kier alpha value is -1.71. The fourth-order valence-corrected chi connectivity index (χ4v) is 3.57. The Morgan fingerprint density at radius 1 is 1.07 bits per heavy atom. The summed E-state index contributed by atoms with van der Waals surface area (Å²) in [5.74, 6) is -0.277. The Bertz CT molecular complexity index is 808. The van der Waals surface area contributed by atoms with E-state index in [9.17, 15) is 13.2 Å². The molecule has 1 aromatic heterocycles. The van der Waals surface area contributed by atoms with E-state index in [4.69, 9.17) is 5.73 Å². The molecule has 10 heteroatoms. The quantitative estimate of drug-likeness (QED) is 0.627. The van der Waals surface area contributed by atoms with Crippen LogP contribution in [0.15, 0.2) is 59.8 Å². The first kappa shape index (κ1) is 26.3. The summed E-state index contributed by atoms with van der Waals surface area (Å²) >= 11 is 0. The smallest absolute Gasteiger partial charge is 0.244 e. The lowest BCUT2D eigenvalue weighted by atomic mass is 10.1. The van der Waals surface area contributed by atoms with Crippen LogP contribution in [0.2, 0.25) is 0 Å². The maximum Gasteiger partial charge on any atom is 0.244 e. The number of sulfonamides is 1. The molecule has 0 unspecified atom stereocenters. The van der Waals surface area contributed by atoms with Crippen LogP contribution in [0, 0.1) is 0 Å². The van der Waals surface area contributed by atoms with Gasteiger partial charge >= 0.3 is 0 Å². The molecule has 0 aliphatic rings. The second-order valence-electron chi connectivity index (χ2n) is 5.85. The number of nitrogens with two attached hydrogens (primary N) is 1. The van der Waals surface area contributed by atoms with E-state index in [2.05, 4.69) is 4.98 Å². The molecule has 0 spiro atoms. The van der Waals surface area contributed by atoms with Crippen LogP contribution in [0.25, 0.3) is 0 Å². The van der Waals surface area contributed by atoms with Crippen LogP contribution in [0.1, 0.15) is 5.56 Å². The Balaban J connectivity index is 0.00000364. The zero-order valence-electron chi connectivity index (χ0n) is 15.6. The van der Waals surface area contributed by atoms with Gasteiger partial charge in [0, 0.05) is 39.1 Å². The molecule has 0 fully saturated rings. The molecule has 2 aromatic rings. The lowest BCUT2D eigenvalue weighted by Gasteiger charge is -2.25. The number of carbonyl (C=O) groups excluding carboxylic acids is 1. The maximum absolute atomic E-state index is 12.6. The molecule has 1 amide bonds. The van der Waals surface area contributed by atoms with Crippen molar-refractivity contribution in [2.75, 3.05) is 33.2 Å². The number of pyridine rings is 1. The van der Waals surface area contributed by atoms with Crippen molar-refractivity contribution in [1.29, 1.82) is 0 Å². The van der Waals surface area contributed by atoms with Gasteiger partial charge in [-0.2, -0.15) is 4.31 Å². The minimum atomic E-state index is -3.76. The van der Waals surface area contributed by atoms with Crippen molar-refractivity contribution in [3.63, 3.8) is 0 Å². The zero-order chi connectivity index (χ0) is 19.0. The summed E-state index contributed by atoms with van der Waals surface area (Å²) in [7, 11) is -2.37. The predicted octanol–water partition coefficient (Wildman–Crippen LogP) is 1.58. The summed E-state index contributed by atoms with van der Waals surface area (Å²) < 4.78 is 26.1. The van der Waals surface area contributed by atoms with Crippen LogP contribution in [0.3, 0.4) is 0 Å². The molecule has 0 aliphatic heterocycles. The minimum Gasteiger partial charge on any atom is -0.340 e. The molecule has 2 N–H and O–H groups in total. The van der Waals surface area contributed by atoms with E-state index in [1.165, 1.54) is 25.5 Å². The van der Waals surface area contributed by atoms with Gasteiger partial charge in [0.15, 0.2) is 0 Å². The van der Waals surface area contributed by atoms with Crippen molar-refractivity contribution in [3.8, 4) is 0 Å². The number of carbonyl (C=O) groups is 1. The highest BCUT2D eigenvalue weighted by Gasteiger charge is 2.25. The van der Waals surface area contributed by atoms with Crippen LogP contribution >= 0.6 is 24.8 Å². The molecule has 0 aliphatic carbocycles. The van der Waals surface area contributed by atoms with E-state index in [1.807, 2.05) is 30.3 Å². The molecule has 0 saturated carbocycles. The van der Waals surface area contributed by atoms with Crippen LogP contribution in [0.5, 0.6) is 0 Å². The van der Waals surface area contributed by atoms with E-state index in [1.54, 1.807) is 11.0 Å². The number of amides is 1. The molecule has 156 valence electrons. The second-order valence-corrected chi connectivity index (χ2v) is 7.90. The van der Waals surface area contributed by atoms with Gasteiger partial charge < -0.3 is 10.6 Å². The van der Waals surface area contributed by atoms with Gasteiger partial charge in [0.2, 0.25) is 15.9 Å². The largest absolute Gasteiger partial charge is 0.340 e. The predicted molar refractivity (Wildman–Crippen MR) is 114 cm³/mol. The third kappa shape index (κ3) is 7.37. The fraction of sp³-hybridized carbons (Fsp3) is 0.333. The van der Waals surface area contributed by atoms with E-state index >= 15 is 0 Å². The third-order valence-electron chi connectivity index (χ3n) is 3.97. The maximum atomic E-state index is 12.6. The van der Waals surface area contributed by atoms with E-state index in [0.717, 1.165) is 9.87 Å². The lowest BCUT2D eigenvalue weighted by molar-refractivity contribution is -0.131. The Morgan fingerprint density at radius 3 is 2.32 bits per heavy atom. The number of aromatic nitrogens is 1. The molecule has 28 heavy (non-hydrogen) atoms. The average molecular weight is 449 g/mol. The summed E-state index contributed by atoms with van der Waals surface area (Å²) in [5.41, 5.74) is 6.72. The van der Waals surface area contributed by atoms with Crippen molar-refractivity contribution in [1.82, 2.24) is 14.2 Å². The van der Waals surface area contributed by atoms with Crippen molar-refractivity contribution >= 4 is 40.7 Å². The van der Waals surface area contributed by atoms with Crippen molar-refractivity contribution in [2.24, 2.45) is 5.73 Å². The summed E-state index contributed by atoms with van der Waals surface area (Å²) in [6.07, 6.45) is 3.45. The summed E-state index contributed by atoms with van der Waals surface area (Å²) in [6, 6.07) is 12.8. The number of likely N-dealkylation sites (N-methyl/N-ethyl adjacent to an activating group) is 1. The van der Waals surface area contributed by atoms with Gasteiger partial charge in [0.05, 0.1) is 6.54 Å². The van der Waals surface area contributed by atoms with Crippen molar-refractivity contribution in [3.05, 3.63) is 60.4 Å². The highest BCUT2D eigenvalue weighted by Crippen LogP contribution is 2.12. The second kappa shape index (κ2) is 12.7. The molecule has 2 rings (SSSR count). The van der Waals surface area contributed by atoms with Gasteiger partial charge in [0.1, 0.15) is 4.90 Å². The number of hydrogen-bond donors (Lipinski definition) is 1. The van der Waals surface area contributed by atoms with Gasteiger partial charge in [-0.05, 0) is 24.1 Å². The van der Waals surface area contributed by atoms with E-state index < -0.39 is 10.0 Å². The van der Waals surface area contributed by atoms with Crippen molar-refractivity contribution in [2.45, 2.75) is 11.3 Å². The summed E-state index contributed by atoms with van der Waals surface area (Å²) in [6.45, 7) is 0.943. The van der Waals surface area contributed by atoms with Gasteiger partial charge in [-0.25, -0.2) is 8.42 Å². The van der Waals surface area contributed by atoms with Crippen LogP contribution in [0.4, 0.5) is 0 Å². The molecule has 0 bridgehead atoms. The van der Waals surface area contributed by atoms with Crippen LogP contribution in [-0.4, -0.2) is 61.7 Å². The Labute approximate surface area is 178 Å². The van der Waals surface area contributed by atoms with E-state index in [-0.39, 0.29) is 42.2 Å². The third-order valence-corrected chi connectivity index (χ3v) is 5.75. The lowest BCUT2D eigenvalue weighted by Crippen LogP contribution is -2.43. The molecule has 1 aromatic carbocycles. The summed E-state index contributed by atoms with van der Waals surface area (Å²) in [5, 5.41) is 0. The van der Waals surface area contributed by atoms with Gasteiger partial charge in [-0.1, -0.05) is 30.3 Å². The number of hydrogen-bond acceptors (Lipinski definition) is 5. The highest BCUT2D eigenvalue weighted by atomic mass is 35.5. The van der Waals surface area contributed by atoms with Gasteiger partial charge in [-0.3, -0.25) is 9.78 Å². The average Bonchev–Trinajstić information content (AvgIpc) is 2.66. The molecule has 0 atom stereocenters. The van der Waals surface area contributed by atoms with Crippen molar-refractivity contribution < 1.29 is 13.2 Å². The van der Waals surface area contributed by atoms with E-state index in [0.29, 0.717) is 26.1 Å². The molecule has 1 heterocycles. The first-order valence-corrected chi connectivity index (χ1v) is 9.77. The first-order chi connectivity index (χ1) is 12.4. The number of nitrogens with zero attached hydrogens (tertiary/aromatic N) is 3. The first-order valence-electron chi connectivity index (χ1n) is 8.33. The van der Waals surface area contributed by atoms with Gasteiger partial charge in [0.25, 0.3) is 0 Å². The minimum absolute atomic E-state index is 0. The zero-order valence-corrected chi connectivity index (χ0v) is 18.0. The van der Waals surface area contributed by atoms with Crippen LogP contribution in [-0.2, 0) is 21.2 Å². The molecular formula is C18H26Cl2N4O3S. The molecular weight excluding hydrogens is 423 g/mol. The van der Waals surface area contributed by atoms with Gasteiger partial charge in [-0.15, -0.1) is 24.8 Å². The molecule has 0 saturated heterocycles. The summed E-state index contributed by atoms with van der Waals surface area (Å²) in [4.78, 5) is 18.1. The number of benzene rings is 1. The molecule has 7 nitrogen and oxygen atoms in total. The topological polar surface area (TPSA) is 96.6 Å². The number of rotatable bonds is 9. The molecule has 0 radical (unpaired) electrons. The Kier molecular flexibility index (Phi) is 11.9. The fourth-order valence-electron chi connectivity index (χ4n) is 2.48. The monoisotopic (exact) mass is 448 g/mol. The normalized spacial score (nSPS) is 10.7. The highest BCUT2D eigenvalue weighted by molar-refractivity contribution is 7.89. The number of halogens is 2. The Morgan fingerprint density at radius 2 is 1.75 bits per heavy atom. The van der Waals surface area contributed by atoms with Crippen LogP contribution < -0.4 is 5.73 Å². The standard InChI is InChI=1S/C18H24N4O3S.2ClH/c1-21(26(24,25)17-8-5-11-20-14-17)15-18(23)22(13-10-19)12-9-16-6-3-2-4-7-16;;/h2-8,11,14H,9-10,12-13,15,19H2,1H3;2*1H.